The van der Waals surface area contributed by atoms with Crippen molar-refractivity contribution in [3.05, 3.63) is 70.2 Å². The molecule has 0 aliphatic heterocycles. The van der Waals surface area contributed by atoms with Crippen LogP contribution in [0.5, 0.6) is 0 Å². The molecule has 2 aromatic rings. The number of nitrogens with zero attached hydrogens (tertiary/aromatic N) is 1. The molecule has 2 aromatic carbocycles. The zero-order chi connectivity index (χ0) is 15.4. The summed E-state index contributed by atoms with van der Waals surface area (Å²) in [4.78, 5) is 5.11. The summed E-state index contributed by atoms with van der Waals surface area (Å²) in [7, 11) is 0. The Labute approximate surface area is 138 Å². The lowest BCUT2D eigenvalue weighted by Gasteiger charge is -2.20. The zero-order valence-corrected chi connectivity index (χ0v) is 13.8. The molecule has 22 heavy (non-hydrogen) atoms. The second-order valence-electron chi connectivity index (χ2n) is 6.14. The van der Waals surface area contributed by atoms with Crippen molar-refractivity contribution in [3.8, 4) is 0 Å². The molecule has 0 amide bonds. The van der Waals surface area contributed by atoms with Gasteiger partial charge in [0.05, 0.1) is 11.8 Å². The highest BCUT2D eigenvalue weighted by Crippen LogP contribution is 2.23. The predicted molar refractivity (Wildman–Crippen MR) is 95.1 cm³/mol. The van der Waals surface area contributed by atoms with Gasteiger partial charge in [0.1, 0.15) is 0 Å². The van der Waals surface area contributed by atoms with Gasteiger partial charge in [-0.2, -0.15) is 0 Å². The molecular weight excluding hydrogens is 290 g/mol. The van der Waals surface area contributed by atoms with E-state index >= 15 is 0 Å². The fourth-order valence-corrected chi connectivity index (χ4v) is 3.15. The number of aliphatic imine (C=N–C) groups is 1. The number of benzene rings is 2. The van der Waals surface area contributed by atoms with Gasteiger partial charge in [0.2, 0.25) is 0 Å². The molecule has 0 saturated heterocycles. The van der Waals surface area contributed by atoms with Gasteiger partial charge in [-0.3, -0.25) is 4.99 Å². The van der Waals surface area contributed by atoms with Crippen molar-refractivity contribution in [2.24, 2.45) is 4.99 Å². The molecule has 0 bridgehead atoms. The summed E-state index contributed by atoms with van der Waals surface area (Å²) in [6.45, 7) is 2.12. The molecule has 1 fully saturated rings. The van der Waals surface area contributed by atoms with Gasteiger partial charge in [0.25, 0.3) is 0 Å². The van der Waals surface area contributed by atoms with Crippen LogP contribution in [0.15, 0.2) is 53.5 Å². The van der Waals surface area contributed by atoms with Crippen LogP contribution in [0, 0.1) is 6.92 Å². The van der Waals surface area contributed by atoms with E-state index in [-0.39, 0.29) is 0 Å². The topological polar surface area (TPSA) is 12.4 Å². The Morgan fingerprint density at radius 3 is 2.00 bits per heavy atom. The highest BCUT2D eigenvalue weighted by Gasteiger charge is 2.15. The number of aryl methyl sites for hydroxylation is 1. The van der Waals surface area contributed by atoms with Crippen LogP contribution >= 0.6 is 11.6 Å². The Morgan fingerprint density at radius 2 is 1.41 bits per heavy atom. The van der Waals surface area contributed by atoms with Crippen LogP contribution in [0.1, 0.15) is 48.8 Å². The first-order valence-electron chi connectivity index (χ1n) is 8.13. The summed E-state index contributed by atoms with van der Waals surface area (Å²) in [5.41, 5.74) is 4.72. The lowest BCUT2D eigenvalue weighted by molar-refractivity contribution is 0.443. The molecule has 3 rings (SSSR count). The van der Waals surface area contributed by atoms with Gasteiger partial charge in [0.15, 0.2) is 0 Å². The number of hydrogen-bond donors (Lipinski definition) is 0. The van der Waals surface area contributed by atoms with Crippen LogP contribution in [0.2, 0.25) is 5.02 Å². The summed E-state index contributed by atoms with van der Waals surface area (Å²) in [6.07, 6.45) is 6.38. The van der Waals surface area contributed by atoms with Gasteiger partial charge < -0.3 is 0 Å². The Bertz CT molecular complexity index is 587. The smallest absolute Gasteiger partial charge is 0.0722 e. The van der Waals surface area contributed by atoms with Gasteiger partial charge in [-0.15, -0.1) is 0 Å². The molecule has 1 nitrogen and oxygen atoms in total. The van der Waals surface area contributed by atoms with Crippen molar-refractivity contribution < 1.29 is 0 Å². The minimum absolute atomic E-state index is 0.459. The molecule has 0 unspecified atom stereocenters. The zero-order valence-electron chi connectivity index (χ0n) is 13.1. The van der Waals surface area contributed by atoms with E-state index in [0.717, 1.165) is 16.3 Å². The second-order valence-corrected chi connectivity index (χ2v) is 6.58. The van der Waals surface area contributed by atoms with Gasteiger partial charge in [-0.1, -0.05) is 72.8 Å². The van der Waals surface area contributed by atoms with Crippen molar-refractivity contribution in [1.82, 2.24) is 0 Å². The van der Waals surface area contributed by atoms with E-state index in [0.29, 0.717) is 6.04 Å². The highest BCUT2D eigenvalue weighted by atomic mass is 35.5. The van der Waals surface area contributed by atoms with Gasteiger partial charge in [-0.05, 0) is 31.9 Å². The van der Waals surface area contributed by atoms with E-state index in [4.69, 9.17) is 16.6 Å². The summed E-state index contributed by atoms with van der Waals surface area (Å²) in [5.74, 6) is 0. The number of halogens is 1. The van der Waals surface area contributed by atoms with Crippen molar-refractivity contribution in [3.63, 3.8) is 0 Å². The maximum atomic E-state index is 6.04. The predicted octanol–water partition coefficient (Wildman–Crippen LogP) is 5.82. The van der Waals surface area contributed by atoms with E-state index in [9.17, 15) is 0 Å². The maximum Gasteiger partial charge on any atom is 0.0722 e. The van der Waals surface area contributed by atoms with Crippen LogP contribution in [-0.4, -0.2) is 11.8 Å². The third-order valence-corrected chi connectivity index (χ3v) is 4.58. The van der Waals surface area contributed by atoms with Gasteiger partial charge in [0, 0.05) is 16.1 Å². The summed E-state index contributed by atoms with van der Waals surface area (Å²) in [6, 6.07) is 17.2. The molecule has 0 aromatic heterocycles. The van der Waals surface area contributed by atoms with E-state index in [2.05, 4.69) is 43.3 Å². The van der Waals surface area contributed by atoms with E-state index in [1.807, 2.05) is 12.1 Å². The molecule has 0 atom stereocenters. The van der Waals surface area contributed by atoms with Crippen molar-refractivity contribution in [1.29, 1.82) is 0 Å². The third-order valence-electron chi connectivity index (χ3n) is 4.33. The minimum Gasteiger partial charge on any atom is -0.281 e. The normalized spacial score (nSPS) is 16.7. The number of hydrogen-bond acceptors (Lipinski definition) is 1. The first-order chi connectivity index (χ1) is 10.7. The average molecular weight is 312 g/mol. The van der Waals surface area contributed by atoms with Crippen LogP contribution in [0.3, 0.4) is 0 Å². The lowest BCUT2D eigenvalue weighted by atomic mass is 9.94. The van der Waals surface area contributed by atoms with Gasteiger partial charge in [-0.25, -0.2) is 0 Å². The Balaban J connectivity index is 1.99. The van der Waals surface area contributed by atoms with Crippen molar-refractivity contribution in [2.75, 3.05) is 0 Å². The SMILES string of the molecule is Cc1ccc(C(=NC2CCCCC2)c2ccc(Cl)cc2)cc1. The number of rotatable bonds is 3. The maximum absolute atomic E-state index is 6.04. The van der Waals surface area contributed by atoms with E-state index in [1.165, 1.54) is 43.2 Å². The van der Waals surface area contributed by atoms with Gasteiger partial charge >= 0.3 is 0 Å². The first kappa shape index (κ1) is 15.3. The molecule has 2 heteroatoms. The Hall–Kier alpha value is -1.60. The fraction of sp³-hybridized carbons (Fsp3) is 0.350. The van der Waals surface area contributed by atoms with Crippen molar-refractivity contribution in [2.45, 2.75) is 45.1 Å². The Morgan fingerprint density at radius 1 is 0.864 bits per heavy atom. The van der Waals surface area contributed by atoms with E-state index in [1.54, 1.807) is 0 Å². The summed E-state index contributed by atoms with van der Waals surface area (Å²) >= 11 is 6.04. The summed E-state index contributed by atoms with van der Waals surface area (Å²) in [5, 5.41) is 0.768. The third kappa shape index (κ3) is 3.78. The fourth-order valence-electron chi connectivity index (χ4n) is 3.03. The molecule has 0 N–H and O–H groups in total. The first-order valence-corrected chi connectivity index (χ1v) is 8.51. The standard InChI is InChI=1S/C20H22ClN/c1-15-7-9-16(10-8-15)20(17-11-13-18(21)14-12-17)22-19-5-3-2-4-6-19/h7-14,19H,2-6H2,1H3. The molecule has 1 saturated carbocycles. The highest BCUT2D eigenvalue weighted by molar-refractivity contribution is 6.30. The van der Waals surface area contributed by atoms with Crippen LogP contribution < -0.4 is 0 Å². The Kier molecular flexibility index (Phi) is 4.94. The van der Waals surface area contributed by atoms with Crippen LogP contribution in [0.25, 0.3) is 0 Å². The lowest BCUT2D eigenvalue weighted by Crippen LogP contribution is -2.14. The second kappa shape index (κ2) is 7.11. The molecule has 114 valence electrons. The summed E-state index contributed by atoms with van der Waals surface area (Å²) < 4.78 is 0. The molecule has 1 aliphatic rings. The molecule has 0 heterocycles. The average Bonchev–Trinajstić information content (AvgIpc) is 2.56. The monoisotopic (exact) mass is 311 g/mol. The van der Waals surface area contributed by atoms with Crippen molar-refractivity contribution >= 4 is 17.3 Å². The largest absolute Gasteiger partial charge is 0.281 e. The molecular formula is C20H22ClN. The van der Waals surface area contributed by atoms with Crippen LogP contribution in [0.4, 0.5) is 0 Å². The molecule has 0 spiro atoms. The van der Waals surface area contributed by atoms with Crippen LogP contribution in [-0.2, 0) is 0 Å². The quantitative estimate of drug-likeness (QED) is 0.633. The minimum atomic E-state index is 0.459. The van der Waals surface area contributed by atoms with E-state index < -0.39 is 0 Å². The molecule has 1 aliphatic carbocycles. The molecule has 0 radical (unpaired) electrons.